The molecule has 0 amide bonds. The van der Waals surface area contributed by atoms with Crippen LogP contribution in [0, 0.1) is 0 Å². The second-order valence-electron chi connectivity index (χ2n) is 8.75. The molecular weight excluding hydrogens is 489 g/mol. The van der Waals surface area contributed by atoms with Crippen LogP contribution >= 0.6 is 11.6 Å². The molecule has 0 N–H and O–H groups in total. The van der Waals surface area contributed by atoms with Crippen molar-refractivity contribution in [2.24, 2.45) is 0 Å². The summed E-state index contributed by atoms with van der Waals surface area (Å²) in [7, 11) is 0. The molecule has 1 aliphatic heterocycles. The number of alkyl halides is 3. The van der Waals surface area contributed by atoms with E-state index in [0.717, 1.165) is 42.7 Å². The molecule has 0 radical (unpaired) electrons. The van der Waals surface area contributed by atoms with Crippen LogP contribution < -0.4 is 9.80 Å². The minimum Gasteiger partial charge on any atom is -0.353 e. The lowest BCUT2D eigenvalue weighted by Gasteiger charge is -2.37. The highest BCUT2D eigenvalue weighted by atomic mass is 35.5. The summed E-state index contributed by atoms with van der Waals surface area (Å²) in [5.74, 6) is 1.45. The van der Waals surface area contributed by atoms with Gasteiger partial charge >= 0.3 is 6.18 Å². The van der Waals surface area contributed by atoms with Crippen LogP contribution in [0.15, 0.2) is 48.7 Å². The lowest BCUT2D eigenvalue weighted by Crippen LogP contribution is -2.47. The summed E-state index contributed by atoms with van der Waals surface area (Å²) in [6, 6.07) is 11.9. The largest absolute Gasteiger partial charge is 0.419 e. The summed E-state index contributed by atoms with van der Waals surface area (Å²) >= 11 is 6.24. The van der Waals surface area contributed by atoms with Gasteiger partial charge in [-0.3, -0.25) is 4.90 Å². The highest BCUT2D eigenvalue weighted by Gasteiger charge is 2.36. The number of nitrogens with zero attached hydrogens (tertiary/aromatic N) is 6. The summed E-state index contributed by atoms with van der Waals surface area (Å²) < 4.78 is 40.5. The molecule has 36 heavy (non-hydrogen) atoms. The van der Waals surface area contributed by atoms with Crippen molar-refractivity contribution >= 4 is 23.2 Å². The second kappa shape index (κ2) is 11.4. The third kappa shape index (κ3) is 6.25. The van der Waals surface area contributed by atoms with Gasteiger partial charge in [-0.2, -0.15) is 13.2 Å². The van der Waals surface area contributed by atoms with Crippen molar-refractivity contribution < 1.29 is 13.2 Å². The van der Waals surface area contributed by atoms with Crippen molar-refractivity contribution in [3.63, 3.8) is 0 Å². The van der Waals surface area contributed by atoms with E-state index < -0.39 is 11.7 Å². The van der Waals surface area contributed by atoms with Crippen molar-refractivity contribution in [3.8, 4) is 11.3 Å². The normalized spacial score (nSPS) is 14.5. The average molecular weight is 519 g/mol. The van der Waals surface area contributed by atoms with Crippen molar-refractivity contribution in [2.45, 2.75) is 33.0 Å². The third-order valence-corrected chi connectivity index (χ3v) is 6.46. The molecule has 1 aliphatic rings. The molecule has 0 aliphatic carbocycles. The molecular formula is C26H30ClF3N6. The summed E-state index contributed by atoms with van der Waals surface area (Å²) in [4.78, 5) is 19.8. The molecule has 0 bridgehead atoms. The van der Waals surface area contributed by atoms with Gasteiger partial charge in [-0.15, -0.1) is 0 Å². The number of anilines is 2. The van der Waals surface area contributed by atoms with E-state index in [-0.39, 0.29) is 5.82 Å². The van der Waals surface area contributed by atoms with Gasteiger partial charge in [-0.1, -0.05) is 37.6 Å². The van der Waals surface area contributed by atoms with Gasteiger partial charge in [-0.05, 0) is 43.8 Å². The molecule has 10 heteroatoms. The number of hydrogen-bond acceptors (Lipinski definition) is 6. The van der Waals surface area contributed by atoms with Gasteiger partial charge in [0.2, 0.25) is 0 Å². The zero-order valence-electron chi connectivity index (χ0n) is 20.5. The van der Waals surface area contributed by atoms with Gasteiger partial charge in [0.1, 0.15) is 17.5 Å². The molecule has 3 aromatic rings. The Balaban J connectivity index is 1.60. The molecule has 2 aromatic heterocycles. The standard InChI is InChI=1S/C26H30ClF3N6/c1-3-11-34(4-2)18-23-32-22(19-7-5-8-20(27)16-19)17-24(33-23)35-12-14-36(15-13-35)25-21(26(28,29)30)9-6-10-31-25/h5-10,16-17H,3-4,11-15,18H2,1-2H3. The number of hydrogen-bond donors (Lipinski definition) is 0. The van der Waals surface area contributed by atoms with Gasteiger partial charge in [-0.25, -0.2) is 15.0 Å². The molecule has 4 rings (SSSR count). The maximum atomic E-state index is 13.5. The Kier molecular flexibility index (Phi) is 8.31. The minimum absolute atomic E-state index is 0.0224. The molecule has 3 heterocycles. The van der Waals surface area contributed by atoms with Gasteiger partial charge in [0.25, 0.3) is 0 Å². The van der Waals surface area contributed by atoms with Gasteiger partial charge in [0.05, 0.1) is 17.8 Å². The molecule has 1 aromatic carbocycles. The van der Waals surface area contributed by atoms with Gasteiger partial charge < -0.3 is 9.80 Å². The molecule has 0 spiro atoms. The Bertz CT molecular complexity index is 1160. The van der Waals surface area contributed by atoms with Crippen LogP contribution in [0.25, 0.3) is 11.3 Å². The fourth-order valence-electron chi connectivity index (χ4n) is 4.39. The first-order valence-electron chi connectivity index (χ1n) is 12.2. The van der Waals surface area contributed by atoms with Crippen LogP contribution in [0.2, 0.25) is 5.02 Å². The Morgan fingerprint density at radius 1 is 0.972 bits per heavy atom. The van der Waals surface area contributed by atoms with Gasteiger partial charge in [0, 0.05) is 49.0 Å². The fraction of sp³-hybridized carbons (Fsp3) is 0.423. The number of halogens is 4. The van der Waals surface area contributed by atoms with Crippen LogP contribution in [-0.4, -0.2) is 59.1 Å². The monoisotopic (exact) mass is 518 g/mol. The first kappa shape index (κ1) is 26.2. The third-order valence-electron chi connectivity index (χ3n) is 6.23. The highest BCUT2D eigenvalue weighted by Crippen LogP contribution is 2.35. The van der Waals surface area contributed by atoms with Crippen molar-refractivity contribution in [1.82, 2.24) is 19.9 Å². The summed E-state index contributed by atoms with van der Waals surface area (Å²) in [5, 5.41) is 0.625. The number of rotatable bonds is 8. The van der Waals surface area contributed by atoms with Gasteiger partial charge in [0.15, 0.2) is 0 Å². The number of benzene rings is 1. The zero-order chi connectivity index (χ0) is 25.7. The van der Waals surface area contributed by atoms with E-state index in [2.05, 4.69) is 28.6 Å². The van der Waals surface area contributed by atoms with E-state index in [1.54, 1.807) is 4.90 Å². The molecule has 0 saturated carbocycles. The average Bonchev–Trinajstić information content (AvgIpc) is 2.88. The van der Waals surface area contributed by atoms with Crippen LogP contribution in [0.3, 0.4) is 0 Å². The Hall–Kier alpha value is -2.91. The number of aromatic nitrogens is 3. The number of piperazine rings is 1. The lowest BCUT2D eigenvalue weighted by atomic mass is 10.1. The zero-order valence-corrected chi connectivity index (χ0v) is 21.2. The molecule has 1 fully saturated rings. The maximum Gasteiger partial charge on any atom is 0.419 e. The van der Waals surface area contributed by atoms with E-state index >= 15 is 0 Å². The minimum atomic E-state index is -4.45. The fourth-order valence-corrected chi connectivity index (χ4v) is 4.58. The van der Waals surface area contributed by atoms with Crippen molar-refractivity contribution in [1.29, 1.82) is 0 Å². The van der Waals surface area contributed by atoms with E-state index in [1.807, 2.05) is 30.3 Å². The predicted molar refractivity (Wildman–Crippen MR) is 137 cm³/mol. The summed E-state index contributed by atoms with van der Waals surface area (Å²) in [6.45, 7) is 8.56. The molecule has 0 atom stereocenters. The Morgan fingerprint density at radius 2 is 1.72 bits per heavy atom. The van der Waals surface area contributed by atoms with Crippen LogP contribution in [0.5, 0.6) is 0 Å². The smallest absolute Gasteiger partial charge is 0.353 e. The van der Waals surface area contributed by atoms with E-state index in [9.17, 15) is 13.2 Å². The Morgan fingerprint density at radius 3 is 2.39 bits per heavy atom. The van der Waals surface area contributed by atoms with Crippen molar-refractivity contribution in [2.75, 3.05) is 49.1 Å². The number of pyridine rings is 1. The van der Waals surface area contributed by atoms with E-state index in [0.29, 0.717) is 43.6 Å². The van der Waals surface area contributed by atoms with E-state index in [1.165, 1.54) is 12.3 Å². The molecule has 192 valence electrons. The quantitative estimate of drug-likeness (QED) is 0.377. The van der Waals surface area contributed by atoms with Crippen LogP contribution in [0.1, 0.15) is 31.7 Å². The van der Waals surface area contributed by atoms with Crippen molar-refractivity contribution in [3.05, 3.63) is 65.1 Å². The first-order valence-corrected chi connectivity index (χ1v) is 12.5. The molecule has 6 nitrogen and oxygen atoms in total. The Labute approximate surface area is 214 Å². The predicted octanol–water partition coefficient (Wildman–Crippen LogP) is 5.77. The van der Waals surface area contributed by atoms with Crippen LogP contribution in [-0.2, 0) is 12.7 Å². The topological polar surface area (TPSA) is 48.4 Å². The lowest BCUT2D eigenvalue weighted by molar-refractivity contribution is -0.137. The molecule has 0 unspecified atom stereocenters. The van der Waals surface area contributed by atoms with E-state index in [4.69, 9.17) is 21.6 Å². The second-order valence-corrected chi connectivity index (χ2v) is 9.19. The maximum absolute atomic E-state index is 13.5. The first-order chi connectivity index (χ1) is 17.3. The highest BCUT2D eigenvalue weighted by molar-refractivity contribution is 6.30. The summed E-state index contributed by atoms with van der Waals surface area (Å²) in [5.41, 5.74) is 0.964. The SMILES string of the molecule is CCCN(CC)Cc1nc(-c2cccc(Cl)c2)cc(N2CCN(c3ncccc3C(F)(F)F)CC2)n1. The van der Waals surface area contributed by atoms with Crippen LogP contribution in [0.4, 0.5) is 24.8 Å². The molecule has 1 saturated heterocycles. The summed E-state index contributed by atoms with van der Waals surface area (Å²) in [6.07, 6.45) is -2.01.